The zero-order valence-electron chi connectivity index (χ0n) is 11.5. The SMILES string of the molecule is Cc1cnn(CCNS(=O)(=O)c2cc(C(=O)O)sc2C)c1. The summed E-state index contributed by atoms with van der Waals surface area (Å²) in [6.07, 6.45) is 3.50. The monoisotopic (exact) mass is 329 g/mol. The van der Waals surface area contributed by atoms with E-state index in [-0.39, 0.29) is 16.3 Å². The first kappa shape index (κ1) is 15.7. The lowest BCUT2D eigenvalue weighted by Gasteiger charge is -2.06. The molecule has 2 aromatic rings. The molecular formula is C12H15N3O4S2. The van der Waals surface area contributed by atoms with Crippen molar-refractivity contribution in [1.82, 2.24) is 14.5 Å². The maximum absolute atomic E-state index is 12.2. The van der Waals surface area contributed by atoms with Gasteiger partial charge in [0.15, 0.2) is 0 Å². The van der Waals surface area contributed by atoms with Crippen molar-refractivity contribution >= 4 is 27.3 Å². The van der Waals surface area contributed by atoms with Crippen LogP contribution in [0.5, 0.6) is 0 Å². The number of carboxylic acid groups (broad SMARTS) is 1. The number of carbonyl (C=O) groups is 1. The van der Waals surface area contributed by atoms with Crippen molar-refractivity contribution in [1.29, 1.82) is 0 Å². The topological polar surface area (TPSA) is 101 Å². The second kappa shape index (κ2) is 5.96. The molecule has 0 aliphatic carbocycles. The lowest BCUT2D eigenvalue weighted by Crippen LogP contribution is -2.27. The molecule has 2 heterocycles. The van der Waals surface area contributed by atoms with E-state index in [4.69, 9.17) is 5.11 Å². The summed E-state index contributed by atoms with van der Waals surface area (Å²) in [6, 6.07) is 1.18. The molecule has 0 radical (unpaired) electrons. The Morgan fingerprint density at radius 2 is 2.19 bits per heavy atom. The quantitative estimate of drug-likeness (QED) is 0.830. The van der Waals surface area contributed by atoms with Crippen LogP contribution >= 0.6 is 11.3 Å². The molecule has 21 heavy (non-hydrogen) atoms. The van der Waals surface area contributed by atoms with Crippen molar-refractivity contribution in [3.05, 3.63) is 33.8 Å². The average Bonchev–Trinajstić information content (AvgIpc) is 2.96. The Balaban J connectivity index is 2.06. The van der Waals surface area contributed by atoms with E-state index in [9.17, 15) is 13.2 Å². The fourth-order valence-corrected chi connectivity index (χ4v) is 4.25. The molecule has 0 unspecified atom stereocenters. The van der Waals surface area contributed by atoms with Gasteiger partial charge in [0.05, 0.1) is 17.6 Å². The second-order valence-electron chi connectivity index (χ2n) is 4.51. The number of aromatic carboxylic acids is 1. The normalized spacial score (nSPS) is 11.7. The van der Waals surface area contributed by atoms with Crippen LogP contribution in [0.1, 0.15) is 20.1 Å². The molecule has 2 aromatic heterocycles. The average molecular weight is 329 g/mol. The van der Waals surface area contributed by atoms with Gasteiger partial charge in [-0.05, 0) is 25.5 Å². The van der Waals surface area contributed by atoms with Gasteiger partial charge >= 0.3 is 5.97 Å². The molecule has 114 valence electrons. The van der Waals surface area contributed by atoms with E-state index in [1.807, 2.05) is 13.1 Å². The first-order chi connectivity index (χ1) is 9.79. The van der Waals surface area contributed by atoms with Gasteiger partial charge in [0.1, 0.15) is 4.88 Å². The fraction of sp³-hybridized carbons (Fsp3) is 0.333. The molecule has 0 saturated heterocycles. The third-order valence-corrected chi connectivity index (χ3v) is 5.52. The predicted molar refractivity (Wildman–Crippen MR) is 78.2 cm³/mol. The number of nitrogens with zero attached hydrogens (tertiary/aromatic N) is 2. The Hall–Kier alpha value is -1.71. The first-order valence-corrected chi connectivity index (χ1v) is 8.42. The smallest absolute Gasteiger partial charge is 0.345 e. The van der Waals surface area contributed by atoms with Crippen molar-refractivity contribution < 1.29 is 18.3 Å². The predicted octanol–water partition coefficient (Wildman–Crippen LogP) is 1.24. The minimum absolute atomic E-state index is 0.00979. The molecule has 2 N–H and O–H groups in total. The molecule has 0 fully saturated rings. The van der Waals surface area contributed by atoms with Crippen molar-refractivity contribution in [3.63, 3.8) is 0 Å². The number of aromatic nitrogens is 2. The van der Waals surface area contributed by atoms with Gasteiger partial charge in [0.2, 0.25) is 10.0 Å². The highest BCUT2D eigenvalue weighted by molar-refractivity contribution is 7.89. The standard InChI is InChI=1S/C12H15N3O4S2/c1-8-6-13-15(7-8)4-3-14-21(18,19)11-5-10(12(16)17)20-9(11)2/h5-7,14H,3-4H2,1-2H3,(H,16,17). The highest BCUT2D eigenvalue weighted by atomic mass is 32.2. The lowest BCUT2D eigenvalue weighted by atomic mass is 10.4. The van der Waals surface area contributed by atoms with Crippen molar-refractivity contribution in [2.75, 3.05) is 6.54 Å². The summed E-state index contributed by atoms with van der Waals surface area (Å²) in [5, 5.41) is 13.0. The van der Waals surface area contributed by atoms with Gasteiger partial charge in [-0.2, -0.15) is 5.10 Å². The molecule has 7 nitrogen and oxygen atoms in total. The molecule has 9 heteroatoms. The Morgan fingerprint density at radius 1 is 1.48 bits per heavy atom. The number of thiophene rings is 1. The first-order valence-electron chi connectivity index (χ1n) is 6.12. The third-order valence-electron chi connectivity index (χ3n) is 2.77. The van der Waals surface area contributed by atoms with Gasteiger partial charge in [-0.1, -0.05) is 0 Å². The number of carboxylic acids is 1. The van der Waals surface area contributed by atoms with Gasteiger partial charge < -0.3 is 5.11 Å². The maximum atomic E-state index is 12.2. The summed E-state index contributed by atoms with van der Waals surface area (Å²) >= 11 is 0.946. The number of nitrogens with one attached hydrogen (secondary N) is 1. The van der Waals surface area contributed by atoms with Crippen LogP contribution < -0.4 is 4.72 Å². The zero-order valence-corrected chi connectivity index (χ0v) is 13.2. The van der Waals surface area contributed by atoms with E-state index < -0.39 is 16.0 Å². The van der Waals surface area contributed by atoms with Gasteiger partial charge in [-0.15, -0.1) is 11.3 Å². The van der Waals surface area contributed by atoms with Crippen LogP contribution in [0.3, 0.4) is 0 Å². The number of sulfonamides is 1. The summed E-state index contributed by atoms with van der Waals surface area (Å²) in [7, 11) is -3.71. The number of aryl methyl sites for hydroxylation is 2. The van der Waals surface area contributed by atoms with Crippen molar-refractivity contribution in [2.45, 2.75) is 25.3 Å². The zero-order chi connectivity index (χ0) is 15.6. The lowest BCUT2D eigenvalue weighted by molar-refractivity contribution is 0.0702. The van der Waals surface area contributed by atoms with E-state index >= 15 is 0 Å². The van der Waals surface area contributed by atoms with E-state index in [0.717, 1.165) is 16.9 Å². The molecule has 0 aliphatic rings. The molecule has 2 rings (SSSR count). The second-order valence-corrected chi connectivity index (χ2v) is 7.51. The Labute approximate surface area is 126 Å². The minimum atomic E-state index is -3.71. The number of hydrogen-bond acceptors (Lipinski definition) is 5. The van der Waals surface area contributed by atoms with Crippen LogP contribution in [0.15, 0.2) is 23.4 Å². The fourth-order valence-electron chi connectivity index (χ4n) is 1.80. The highest BCUT2D eigenvalue weighted by Gasteiger charge is 2.21. The van der Waals surface area contributed by atoms with Gasteiger partial charge in [-0.3, -0.25) is 4.68 Å². The van der Waals surface area contributed by atoms with Crippen LogP contribution in [-0.4, -0.2) is 35.8 Å². The molecule has 0 spiro atoms. The minimum Gasteiger partial charge on any atom is -0.477 e. The molecule has 0 aromatic carbocycles. The van der Waals surface area contributed by atoms with E-state index in [0.29, 0.717) is 11.4 Å². The van der Waals surface area contributed by atoms with Crippen LogP contribution in [0, 0.1) is 13.8 Å². The van der Waals surface area contributed by atoms with Crippen molar-refractivity contribution in [3.8, 4) is 0 Å². The summed E-state index contributed by atoms with van der Waals surface area (Å²) in [5.41, 5.74) is 0.998. The maximum Gasteiger partial charge on any atom is 0.345 e. The molecule has 0 atom stereocenters. The number of rotatable bonds is 6. The van der Waals surface area contributed by atoms with Crippen molar-refractivity contribution in [2.24, 2.45) is 0 Å². The molecule has 0 aliphatic heterocycles. The summed E-state index contributed by atoms with van der Waals surface area (Å²) in [4.78, 5) is 11.4. The molecular weight excluding hydrogens is 314 g/mol. The summed E-state index contributed by atoms with van der Waals surface area (Å²) < 4.78 is 28.4. The number of hydrogen-bond donors (Lipinski definition) is 2. The third kappa shape index (κ3) is 3.69. The van der Waals surface area contributed by atoms with Crippen LogP contribution in [0.4, 0.5) is 0 Å². The Bertz CT molecular complexity index is 761. The van der Waals surface area contributed by atoms with Gasteiger partial charge in [-0.25, -0.2) is 17.9 Å². The van der Waals surface area contributed by atoms with Crippen LogP contribution in [0.25, 0.3) is 0 Å². The molecule has 0 amide bonds. The molecule has 0 bridgehead atoms. The Kier molecular flexibility index (Phi) is 4.45. The summed E-state index contributed by atoms with van der Waals surface area (Å²) in [6.45, 7) is 4.07. The molecule has 0 saturated carbocycles. The van der Waals surface area contributed by atoms with Gasteiger partial charge in [0.25, 0.3) is 0 Å². The van der Waals surface area contributed by atoms with E-state index in [2.05, 4.69) is 9.82 Å². The van der Waals surface area contributed by atoms with E-state index in [1.165, 1.54) is 6.07 Å². The van der Waals surface area contributed by atoms with E-state index in [1.54, 1.807) is 17.8 Å². The Morgan fingerprint density at radius 3 is 2.71 bits per heavy atom. The highest BCUT2D eigenvalue weighted by Crippen LogP contribution is 2.25. The summed E-state index contributed by atoms with van der Waals surface area (Å²) in [5.74, 6) is -1.13. The van der Waals surface area contributed by atoms with Crippen LogP contribution in [-0.2, 0) is 16.6 Å². The van der Waals surface area contributed by atoms with Crippen LogP contribution in [0.2, 0.25) is 0 Å². The van der Waals surface area contributed by atoms with Gasteiger partial charge in [0, 0.05) is 17.6 Å². The largest absolute Gasteiger partial charge is 0.477 e.